The van der Waals surface area contributed by atoms with Gasteiger partial charge in [-0.25, -0.2) is 9.78 Å². The Morgan fingerprint density at radius 3 is 2.91 bits per heavy atom. The monoisotopic (exact) mass is 336 g/mol. The smallest absolute Gasteiger partial charge is 0.317 e. The Labute approximate surface area is 140 Å². The third-order valence-electron chi connectivity index (χ3n) is 4.02. The number of likely N-dealkylation sites (tertiary alicyclic amines) is 1. The van der Waals surface area contributed by atoms with Crippen molar-refractivity contribution < 1.29 is 9.53 Å². The summed E-state index contributed by atoms with van der Waals surface area (Å²) in [7, 11) is 0. The van der Waals surface area contributed by atoms with Crippen LogP contribution in [0.5, 0.6) is 0 Å². The SMILES string of the molecule is CCOC1CCN(C(=O)NCc2cn3cc(Cl)ccc3n2)CC1. The molecule has 2 amide bonds. The molecule has 1 fully saturated rings. The van der Waals surface area contributed by atoms with E-state index in [0.717, 1.165) is 43.9 Å². The summed E-state index contributed by atoms with van der Waals surface area (Å²) >= 11 is 5.96. The molecular formula is C16H21ClN4O2. The molecule has 7 heteroatoms. The molecule has 0 aliphatic carbocycles. The number of hydrogen-bond acceptors (Lipinski definition) is 3. The van der Waals surface area contributed by atoms with Gasteiger partial charge in [-0.15, -0.1) is 0 Å². The first-order valence-corrected chi connectivity index (χ1v) is 8.31. The van der Waals surface area contributed by atoms with Gasteiger partial charge in [-0.05, 0) is 31.9 Å². The van der Waals surface area contributed by atoms with Crippen molar-refractivity contribution in [2.24, 2.45) is 0 Å². The molecule has 0 saturated carbocycles. The number of rotatable bonds is 4. The number of aromatic nitrogens is 2. The van der Waals surface area contributed by atoms with E-state index >= 15 is 0 Å². The van der Waals surface area contributed by atoms with Gasteiger partial charge in [-0.3, -0.25) is 0 Å². The lowest BCUT2D eigenvalue weighted by Gasteiger charge is -2.31. The minimum absolute atomic E-state index is 0.0463. The molecule has 2 aromatic rings. The first-order valence-electron chi connectivity index (χ1n) is 7.93. The Hall–Kier alpha value is -1.79. The van der Waals surface area contributed by atoms with Crippen LogP contribution < -0.4 is 5.32 Å². The van der Waals surface area contributed by atoms with Crippen molar-refractivity contribution in [2.45, 2.75) is 32.4 Å². The van der Waals surface area contributed by atoms with E-state index in [9.17, 15) is 4.79 Å². The van der Waals surface area contributed by atoms with Crippen LogP contribution in [0.1, 0.15) is 25.5 Å². The van der Waals surface area contributed by atoms with Crippen molar-refractivity contribution in [3.05, 3.63) is 35.2 Å². The van der Waals surface area contributed by atoms with Crippen LogP contribution in [-0.4, -0.2) is 46.1 Å². The maximum absolute atomic E-state index is 12.2. The highest BCUT2D eigenvalue weighted by atomic mass is 35.5. The molecule has 3 rings (SSSR count). The summed E-state index contributed by atoms with van der Waals surface area (Å²) in [6.07, 6.45) is 5.76. The first-order chi connectivity index (χ1) is 11.2. The molecule has 1 aliphatic rings. The number of halogens is 1. The van der Waals surface area contributed by atoms with Crippen LogP contribution in [0, 0.1) is 0 Å². The van der Waals surface area contributed by atoms with Crippen LogP contribution in [0.4, 0.5) is 4.79 Å². The predicted octanol–water partition coefficient (Wildman–Crippen LogP) is 2.70. The van der Waals surface area contributed by atoms with Crippen molar-refractivity contribution in [2.75, 3.05) is 19.7 Å². The molecule has 124 valence electrons. The number of nitrogens with zero attached hydrogens (tertiary/aromatic N) is 3. The average Bonchev–Trinajstić information content (AvgIpc) is 2.95. The van der Waals surface area contributed by atoms with Crippen LogP contribution in [0.3, 0.4) is 0 Å². The van der Waals surface area contributed by atoms with E-state index < -0.39 is 0 Å². The van der Waals surface area contributed by atoms with Gasteiger partial charge >= 0.3 is 6.03 Å². The fourth-order valence-corrected chi connectivity index (χ4v) is 3.01. The van der Waals surface area contributed by atoms with Crippen LogP contribution in [0.25, 0.3) is 5.65 Å². The third kappa shape index (κ3) is 3.95. The Bertz CT molecular complexity index is 680. The average molecular weight is 337 g/mol. The number of nitrogens with one attached hydrogen (secondary N) is 1. The number of amides is 2. The second kappa shape index (κ2) is 7.19. The van der Waals surface area contributed by atoms with E-state index in [2.05, 4.69) is 10.3 Å². The fraction of sp³-hybridized carbons (Fsp3) is 0.500. The van der Waals surface area contributed by atoms with Crippen molar-refractivity contribution in [1.82, 2.24) is 19.6 Å². The van der Waals surface area contributed by atoms with Gasteiger partial charge in [0.1, 0.15) is 5.65 Å². The van der Waals surface area contributed by atoms with E-state index in [-0.39, 0.29) is 12.1 Å². The fourth-order valence-electron chi connectivity index (χ4n) is 2.84. The van der Waals surface area contributed by atoms with Crippen molar-refractivity contribution in [3.63, 3.8) is 0 Å². The topological polar surface area (TPSA) is 58.9 Å². The summed E-state index contributed by atoms with van der Waals surface area (Å²) < 4.78 is 7.46. The number of carbonyl (C=O) groups is 1. The van der Waals surface area contributed by atoms with Crippen LogP contribution in [0.15, 0.2) is 24.5 Å². The van der Waals surface area contributed by atoms with Gasteiger partial charge in [0.2, 0.25) is 0 Å². The Kier molecular flexibility index (Phi) is 5.03. The first kappa shape index (κ1) is 16.1. The molecule has 1 aliphatic heterocycles. The Morgan fingerprint density at radius 1 is 1.39 bits per heavy atom. The van der Waals surface area contributed by atoms with E-state index in [1.54, 1.807) is 12.3 Å². The number of piperidine rings is 1. The van der Waals surface area contributed by atoms with Crippen LogP contribution in [0.2, 0.25) is 5.02 Å². The van der Waals surface area contributed by atoms with Crippen LogP contribution in [-0.2, 0) is 11.3 Å². The third-order valence-corrected chi connectivity index (χ3v) is 4.24. The van der Waals surface area contributed by atoms with Gasteiger partial charge in [0.05, 0.1) is 23.4 Å². The highest BCUT2D eigenvalue weighted by molar-refractivity contribution is 6.30. The molecule has 1 N–H and O–H groups in total. The van der Waals surface area contributed by atoms with Crippen molar-refractivity contribution in [1.29, 1.82) is 0 Å². The minimum Gasteiger partial charge on any atom is -0.378 e. The molecule has 2 aromatic heterocycles. The van der Waals surface area contributed by atoms with Gasteiger partial charge in [-0.2, -0.15) is 0 Å². The highest BCUT2D eigenvalue weighted by Crippen LogP contribution is 2.14. The number of urea groups is 1. The van der Waals surface area contributed by atoms with Crippen LogP contribution >= 0.6 is 11.6 Å². The molecule has 0 unspecified atom stereocenters. The molecule has 6 nitrogen and oxygen atoms in total. The molecule has 23 heavy (non-hydrogen) atoms. The number of hydrogen-bond donors (Lipinski definition) is 1. The number of imidazole rings is 1. The Balaban J connectivity index is 1.52. The quantitative estimate of drug-likeness (QED) is 0.934. The van der Waals surface area contributed by atoms with Gasteiger partial charge in [0, 0.05) is 32.1 Å². The minimum atomic E-state index is -0.0463. The Morgan fingerprint density at radius 2 is 2.17 bits per heavy atom. The second-order valence-corrected chi connectivity index (χ2v) is 6.08. The lowest BCUT2D eigenvalue weighted by molar-refractivity contribution is 0.0220. The number of fused-ring (bicyclic) bond motifs is 1. The molecule has 0 bridgehead atoms. The van der Waals surface area contributed by atoms with Crippen molar-refractivity contribution in [3.8, 4) is 0 Å². The largest absolute Gasteiger partial charge is 0.378 e. The predicted molar refractivity (Wildman–Crippen MR) is 88.7 cm³/mol. The summed E-state index contributed by atoms with van der Waals surface area (Å²) in [6.45, 7) is 4.61. The summed E-state index contributed by atoms with van der Waals surface area (Å²) in [5.41, 5.74) is 1.63. The maximum atomic E-state index is 12.2. The van der Waals surface area contributed by atoms with E-state index in [4.69, 9.17) is 16.3 Å². The lowest BCUT2D eigenvalue weighted by Crippen LogP contribution is -2.45. The van der Waals surface area contributed by atoms with E-state index in [1.807, 2.05) is 28.5 Å². The molecule has 0 atom stereocenters. The molecular weight excluding hydrogens is 316 g/mol. The standard InChI is InChI=1S/C16H21ClN4O2/c1-2-23-14-5-7-20(8-6-14)16(22)18-9-13-11-21-10-12(17)3-4-15(21)19-13/h3-4,10-11,14H,2,5-9H2,1H3,(H,18,22). The second-order valence-electron chi connectivity index (χ2n) is 5.65. The van der Waals surface area contributed by atoms with Gasteiger partial charge < -0.3 is 19.4 Å². The molecule has 0 spiro atoms. The van der Waals surface area contributed by atoms with E-state index in [1.165, 1.54) is 0 Å². The lowest BCUT2D eigenvalue weighted by atomic mass is 10.1. The van der Waals surface area contributed by atoms with Gasteiger partial charge in [0.15, 0.2) is 0 Å². The zero-order chi connectivity index (χ0) is 16.2. The molecule has 3 heterocycles. The zero-order valence-electron chi connectivity index (χ0n) is 13.2. The summed E-state index contributed by atoms with van der Waals surface area (Å²) in [5.74, 6) is 0. The molecule has 1 saturated heterocycles. The zero-order valence-corrected chi connectivity index (χ0v) is 13.9. The summed E-state index contributed by atoms with van der Waals surface area (Å²) in [5, 5.41) is 3.58. The molecule has 0 radical (unpaired) electrons. The number of carbonyl (C=O) groups excluding carboxylic acids is 1. The van der Waals surface area contributed by atoms with Gasteiger partial charge in [-0.1, -0.05) is 11.6 Å². The summed E-state index contributed by atoms with van der Waals surface area (Å²) in [6, 6.07) is 3.61. The highest BCUT2D eigenvalue weighted by Gasteiger charge is 2.22. The van der Waals surface area contributed by atoms with E-state index in [0.29, 0.717) is 11.6 Å². The number of pyridine rings is 1. The maximum Gasteiger partial charge on any atom is 0.317 e. The van der Waals surface area contributed by atoms with Gasteiger partial charge in [0.25, 0.3) is 0 Å². The normalized spacial score (nSPS) is 16.0. The number of ether oxygens (including phenoxy) is 1. The summed E-state index contributed by atoms with van der Waals surface area (Å²) in [4.78, 5) is 18.5. The molecule has 0 aromatic carbocycles. The van der Waals surface area contributed by atoms with Crippen molar-refractivity contribution >= 4 is 23.3 Å².